The zero-order valence-electron chi connectivity index (χ0n) is 9.56. The van der Waals surface area contributed by atoms with Crippen LogP contribution >= 0.6 is 0 Å². The van der Waals surface area contributed by atoms with Gasteiger partial charge < -0.3 is 10.5 Å². The summed E-state index contributed by atoms with van der Waals surface area (Å²) in [5.41, 5.74) is 6.10. The molecule has 0 bridgehead atoms. The van der Waals surface area contributed by atoms with Gasteiger partial charge in [0.2, 0.25) is 10.0 Å². The van der Waals surface area contributed by atoms with E-state index in [1.807, 2.05) is 0 Å². The van der Waals surface area contributed by atoms with Crippen molar-refractivity contribution in [2.75, 3.05) is 17.6 Å². The Kier molecular flexibility index (Phi) is 3.95. The molecule has 0 aliphatic rings. The number of ether oxygens (including phenoxy) is 1. The SMILES string of the molecule is Cc1ccc(OCC(N)=O)cc1NS(C)(=O)=O. The number of primary amides is 1. The van der Waals surface area contributed by atoms with Gasteiger partial charge in [-0.1, -0.05) is 6.07 Å². The van der Waals surface area contributed by atoms with E-state index in [9.17, 15) is 13.2 Å². The fourth-order valence-electron chi connectivity index (χ4n) is 1.16. The molecule has 0 aliphatic heterocycles. The highest BCUT2D eigenvalue weighted by atomic mass is 32.2. The number of sulfonamides is 1. The molecule has 0 aromatic heterocycles. The summed E-state index contributed by atoms with van der Waals surface area (Å²) in [7, 11) is -3.34. The number of hydrogen-bond donors (Lipinski definition) is 2. The highest BCUT2D eigenvalue weighted by Gasteiger charge is 2.07. The molecule has 0 aliphatic carbocycles. The van der Waals surface area contributed by atoms with Crippen LogP contribution in [0.5, 0.6) is 5.75 Å². The Morgan fingerprint density at radius 3 is 2.65 bits per heavy atom. The summed E-state index contributed by atoms with van der Waals surface area (Å²) in [4.78, 5) is 10.5. The van der Waals surface area contributed by atoms with Crippen LogP contribution in [0.25, 0.3) is 0 Å². The minimum atomic E-state index is -3.34. The molecule has 0 saturated carbocycles. The van der Waals surface area contributed by atoms with Crippen molar-refractivity contribution in [1.82, 2.24) is 0 Å². The van der Waals surface area contributed by atoms with Gasteiger partial charge in [-0.25, -0.2) is 8.42 Å². The summed E-state index contributed by atoms with van der Waals surface area (Å²) >= 11 is 0. The van der Waals surface area contributed by atoms with Crippen LogP contribution in [-0.4, -0.2) is 27.2 Å². The van der Waals surface area contributed by atoms with E-state index in [2.05, 4.69) is 4.72 Å². The number of anilines is 1. The molecule has 3 N–H and O–H groups in total. The van der Waals surface area contributed by atoms with Crippen molar-refractivity contribution in [3.8, 4) is 5.75 Å². The summed E-state index contributed by atoms with van der Waals surface area (Å²) in [6.07, 6.45) is 1.06. The number of aryl methyl sites for hydroxylation is 1. The molecule has 0 radical (unpaired) electrons. The lowest BCUT2D eigenvalue weighted by atomic mass is 10.2. The third kappa shape index (κ3) is 4.73. The maximum Gasteiger partial charge on any atom is 0.255 e. The molecular weight excluding hydrogens is 244 g/mol. The Bertz CT molecular complexity index is 525. The lowest BCUT2D eigenvalue weighted by Crippen LogP contribution is -2.20. The minimum Gasteiger partial charge on any atom is -0.484 e. The lowest BCUT2D eigenvalue weighted by Gasteiger charge is -2.10. The third-order valence-electron chi connectivity index (χ3n) is 1.89. The quantitative estimate of drug-likeness (QED) is 0.789. The smallest absolute Gasteiger partial charge is 0.255 e. The first-order valence-electron chi connectivity index (χ1n) is 4.77. The molecule has 17 heavy (non-hydrogen) atoms. The molecule has 1 aromatic carbocycles. The highest BCUT2D eigenvalue weighted by molar-refractivity contribution is 7.92. The van der Waals surface area contributed by atoms with Crippen LogP contribution in [0.3, 0.4) is 0 Å². The van der Waals surface area contributed by atoms with Crippen LogP contribution in [0, 0.1) is 6.92 Å². The van der Waals surface area contributed by atoms with Gasteiger partial charge in [-0.15, -0.1) is 0 Å². The number of amides is 1. The minimum absolute atomic E-state index is 0.249. The first kappa shape index (κ1) is 13.3. The Morgan fingerprint density at radius 2 is 2.12 bits per heavy atom. The number of hydrogen-bond acceptors (Lipinski definition) is 4. The van der Waals surface area contributed by atoms with Crippen molar-refractivity contribution < 1.29 is 17.9 Å². The fourth-order valence-corrected chi connectivity index (χ4v) is 1.77. The largest absolute Gasteiger partial charge is 0.484 e. The topological polar surface area (TPSA) is 98.5 Å². The first-order chi connectivity index (χ1) is 7.78. The van der Waals surface area contributed by atoms with Crippen LogP contribution in [0.4, 0.5) is 5.69 Å². The molecule has 0 heterocycles. The number of carbonyl (C=O) groups is 1. The molecule has 0 saturated heterocycles. The van der Waals surface area contributed by atoms with E-state index in [0.717, 1.165) is 11.8 Å². The molecular formula is C10H14N2O4S. The van der Waals surface area contributed by atoms with Crippen molar-refractivity contribution >= 4 is 21.6 Å². The molecule has 1 aromatic rings. The summed E-state index contributed by atoms with van der Waals surface area (Å²) in [5.74, 6) is -0.219. The highest BCUT2D eigenvalue weighted by Crippen LogP contribution is 2.22. The van der Waals surface area contributed by atoms with Gasteiger partial charge >= 0.3 is 0 Å². The zero-order valence-corrected chi connectivity index (χ0v) is 10.4. The number of benzene rings is 1. The van der Waals surface area contributed by atoms with E-state index in [1.165, 1.54) is 6.07 Å². The molecule has 6 nitrogen and oxygen atoms in total. The van der Waals surface area contributed by atoms with Crippen LogP contribution in [0.15, 0.2) is 18.2 Å². The number of nitrogens with one attached hydrogen (secondary N) is 1. The average Bonchev–Trinajstić information content (AvgIpc) is 2.17. The van der Waals surface area contributed by atoms with Gasteiger partial charge in [0.15, 0.2) is 6.61 Å². The molecule has 1 amide bonds. The van der Waals surface area contributed by atoms with Gasteiger partial charge in [-0.05, 0) is 18.6 Å². The van der Waals surface area contributed by atoms with Crippen molar-refractivity contribution in [3.05, 3.63) is 23.8 Å². The number of carbonyl (C=O) groups excluding carboxylic acids is 1. The summed E-state index contributed by atoms with van der Waals surface area (Å²) < 4.78 is 29.6. The molecule has 94 valence electrons. The maximum absolute atomic E-state index is 11.1. The van der Waals surface area contributed by atoms with Crippen molar-refractivity contribution in [2.24, 2.45) is 5.73 Å². The lowest BCUT2D eigenvalue weighted by molar-refractivity contribution is -0.119. The Balaban J connectivity index is 2.90. The van der Waals surface area contributed by atoms with Crippen LogP contribution < -0.4 is 15.2 Å². The van der Waals surface area contributed by atoms with Gasteiger partial charge in [-0.3, -0.25) is 9.52 Å². The number of rotatable bonds is 5. The summed E-state index contributed by atoms with van der Waals surface area (Å²) in [6.45, 7) is 1.51. The van der Waals surface area contributed by atoms with Crippen molar-refractivity contribution in [2.45, 2.75) is 6.92 Å². The van der Waals surface area contributed by atoms with E-state index in [1.54, 1.807) is 19.1 Å². The fraction of sp³-hybridized carbons (Fsp3) is 0.300. The predicted octanol–water partition coefficient (Wildman–Crippen LogP) is 0.231. The summed E-state index contributed by atoms with van der Waals surface area (Å²) in [6, 6.07) is 4.81. The summed E-state index contributed by atoms with van der Waals surface area (Å²) in [5, 5.41) is 0. The van der Waals surface area contributed by atoms with E-state index in [-0.39, 0.29) is 6.61 Å². The van der Waals surface area contributed by atoms with E-state index < -0.39 is 15.9 Å². The van der Waals surface area contributed by atoms with Crippen LogP contribution in [0.1, 0.15) is 5.56 Å². The molecule has 1 rings (SSSR count). The van der Waals surface area contributed by atoms with Crippen LogP contribution in [0.2, 0.25) is 0 Å². The van der Waals surface area contributed by atoms with Crippen molar-refractivity contribution in [3.63, 3.8) is 0 Å². The molecule has 0 fully saturated rings. The predicted molar refractivity (Wildman–Crippen MR) is 64.3 cm³/mol. The van der Waals surface area contributed by atoms with Gasteiger partial charge in [0.25, 0.3) is 5.91 Å². The zero-order chi connectivity index (χ0) is 13.1. The molecule has 0 spiro atoms. The van der Waals surface area contributed by atoms with E-state index in [0.29, 0.717) is 11.4 Å². The third-order valence-corrected chi connectivity index (χ3v) is 2.48. The second-order valence-electron chi connectivity index (χ2n) is 3.61. The van der Waals surface area contributed by atoms with Gasteiger partial charge in [0.05, 0.1) is 11.9 Å². The second kappa shape index (κ2) is 5.05. The molecule has 0 atom stereocenters. The normalized spacial score (nSPS) is 10.9. The Hall–Kier alpha value is -1.76. The maximum atomic E-state index is 11.1. The number of nitrogens with two attached hydrogens (primary N) is 1. The van der Waals surface area contributed by atoms with Gasteiger partial charge in [0.1, 0.15) is 5.75 Å². The van der Waals surface area contributed by atoms with Crippen molar-refractivity contribution in [1.29, 1.82) is 0 Å². The molecule has 0 unspecified atom stereocenters. The standard InChI is InChI=1S/C10H14N2O4S/c1-7-3-4-8(16-6-10(11)13)5-9(7)12-17(2,14)15/h3-5,12H,6H2,1-2H3,(H2,11,13). The Labute approximate surface area is 99.8 Å². The van der Waals surface area contributed by atoms with E-state index in [4.69, 9.17) is 10.5 Å². The monoisotopic (exact) mass is 258 g/mol. The van der Waals surface area contributed by atoms with E-state index >= 15 is 0 Å². The average molecular weight is 258 g/mol. The Morgan fingerprint density at radius 1 is 1.47 bits per heavy atom. The second-order valence-corrected chi connectivity index (χ2v) is 5.35. The van der Waals surface area contributed by atoms with Gasteiger partial charge in [0, 0.05) is 6.07 Å². The van der Waals surface area contributed by atoms with Crippen LogP contribution in [-0.2, 0) is 14.8 Å². The van der Waals surface area contributed by atoms with Gasteiger partial charge in [-0.2, -0.15) is 0 Å². The molecule has 7 heteroatoms. The first-order valence-corrected chi connectivity index (χ1v) is 6.66.